The van der Waals surface area contributed by atoms with Crippen LogP contribution in [0.25, 0.3) is 0 Å². The van der Waals surface area contributed by atoms with Crippen molar-refractivity contribution in [2.24, 2.45) is 34.5 Å². The third kappa shape index (κ3) is 4.59. The third-order valence-corrected chi connectivity index (χ3v) is 10.5. The van der Waals surface area contributed by atoms with Crippen LogP contribution in [0.4, 0.5) is 0 Å². The predicted octanol–water partition coefficient (Wildman–Crippen LogP) is 3.74. The molecule has 4 aliphatic carbocycles. The molecule has 9 atom stereocenters. The van der Waals surface area contributed by atoms with Gasteiger partial charge in [0.05, 0.1) is 17.6 Å². The minimum atomic E-state index is -2.25. The fourth-order valence-electron chi connectivity index (χ4n) is 7.99. The van der Waals surface area contributed by atoms with Gasteiger partial charge >= 0.3 is 17.9 Å². The van der Waals surface area contributed by atoms with Crippen LogP contribution in [-0.4, -0.2) is 64.9 Å². The van der Waals surface area contributed by atoms with Gasteiger partial charge in [0.2, 0.25) is 0 Å². The van der Waals surface area contributed by atoms with Crippen molar-refractivity contribution in [3.05, 3.63) is 70.8 Å². The smallest absolute Gasteiger partial charge is 0.338 e. The number of ether oxygens (including phenoxy) is 3. The van der Waals surface area contributed by atoms with Crippen molar-refractivity contribution in [3.8, 4) is 0 Å². The zero-order valence-electron chi connectivity index (χ0n) is 25.5. The molecule has 1 aromatic carbocycles. The Bertz CT molecular complexity index is 1440. The highest BCUT2D eigenvalue weighted by Crippen LogP contribution is 2.72. The van der Waals surface area contributed by atoms with Crippen LogP contribution in [0.5, 0.6) is 0 Å². The molecule has 0 amide bonds. The molecule has 0 aromatic heterocycles. The molecule has 1 aromatic rings. The Labute approximate surface area is 251 Å². The zero-order chi connectivity index (χ0) is 31.5. The monoisotopic (exact) mass is 592 g/mol. The van der Waals surface area contributed by atoms with E-state index >= 15 is 0 Å². The van der Waals surface area contributed by atoms with Crippen LogP contribution in [0.3, 0.4) is 0 Å². The maximum absolute atomic E-state index is 14.8. The lowest BCUT2D eigenvalue weighted by Crippen LogP contribution is -2.66. The first-order valence-electron chi connectivity index (χ1n) is 14.8. The van der Waals surface area contributed by atoms with Crippen LogP contribution in [0.2, 0.25) is 0 Å². The normalized spacial score (nSPS) is 38.0. The third-order valence-electron chi connectivity index (χ3n) is 10.5. The van der Waals surface area contributed by atoms with Crippen molar-refractivity contribution in [1.29, 1.82) is 0 Å². The van der Waals surface area contributed by atoms with Crippen molar-refractivity contribution < 1.29 is 43.6 Å². The van der Waals surface area contributed by atoms with Crippen molar-refractivity contribution in [3.63, 3.8) is 0 Å². The van der Waals surface area contributed by atoms with E-state index in [4.69, 9.17) is 14.2 Å². The second-order valence-electron chi connectivity index (χ2n) is 12.9. The number of Topliss-reactive ketones (excluding diaryl/α,β-unsaturated/α-hetero) is 1. The number of carbonyl (C=O) groups excluding carboxylic acids is 4. The lowest BCUT2D eigenvalue weighted by atomic mass is 9.59. The Morgan fingerprint density at radius 2 is 1.79 bits per heavy atom. The van der Waals surface area contributed by atoms with Gasteiger partial charge < -0.3 is 24.4 Å². The number of fused-ring (bicyclic) bond motifs is 3. The highest BCUT2D eigenvalue weighted by molar-refractivity contribution is 5.96. The van der Waals surface area contributed by atoms with Crippen molar-refractivity contribution in [1.82, 2.24) is 0 Å². The molecule has 2 N–H and O–H groups in total. The van der Waals surface area contributed by atoms with E-state index in [2.05, 4.69) is 0 Å². The topological polar surface area (TPSA) is 136 Å². The Hall–Kier alpha value is -3.56. The van der Waals surface area contributed by atoms with E-state index < -0.39 is 58.4 Å². The van der Waals surface area contributed by atoms with Crippen molar-refractivity contribution in [2.45, 2.75) is 65.8 Å². The van der Waals surface area contributed by atoms with Crippen LogP contribution in [0.15, 0.2) is 65.3 Å². The number of hydrogen-bond donors (Lipinski definition) is 2. The SMILES string of the molecule is CC=C(C)C(=O)OC1C(C)=CC23C(=O)C(C=C(COC(C)=O)C(O)C12O)C1C(CC3C)C1(C)COC(=O)c1ccccc1. The van der Waals surface area contributed by atoms with Gasteiger partial charge in [0, 0.05) is 23.8 Å². The Kier molecular flexibility index (Phi) is 7.80. The molecular formula is C34H40O9. The molecule has 0 aliphatic heterocycles. The maximum atomic E-state index is 14.8. The number of ketones is 1. The summed E-state index contributed by atoms with van der Waals surface area (Å²) in [6.07, 6.45) is 2.39. The van der Waals surface area contributed by atoms with Crippen molar-refractivity contribution in [2.75, 3.05) is 13.2 Å². The summed E-state index contributed by atoms with van der Waals surface area (Å²) in [5.41, 5.74) is -3.00. The van der Waals surface area contributed by atoms with Crippen LogP contribution in [-0.2, 0) is 28.6 Å². The average molecular weight is 593 g/mol. The molecule has 43 heavy (non-hydrogen) atoms. The van der Waals surface area contributed by atoms with Gasteiger partial charge in [-0.05, 0) is 68.2 Å². The van der Waals surface area contributed by atoms with Gasteiger partial charge in [0.1, 0.15) is 12.7 Å². The quantitative estimate of drug-likeness (QED) is 0.210. The first-order chi connectivity index (χ1) is 20.2. The molecule has 9 unspecified atom stereocenters. The summed E-state index contributed by atoms with van der Waals surface area (Å²) in [5.74, 6) is -3.57. The maximum Gasteiger partial charge on any atom is 0.338 e. The fourth-order valence-corrected chi connectivity index (χ4v) is 7.99. The lowest BCUT2D eigenvalue weighted by molar-refractivity contribution is -0.202. The summed E-state index contributed by atoms with van der Waals surface area (Å²) in [4.78, 5) is 52.3. The van der Waals surface area contributed by atoms with Gasteiger partial charge in [0.25, 0.3) is 0 Å². The molecule has 9 nitrogen and oxygen atoms in total. The molecular weight excluding hydrogens is 552 g/mol. The standard InChI is InChI=1S/C34H40O9/c1-7-18(2)30(38)43-29-19(3)15-33-20(4)13-25-26(32(25,6)17-42-31(39)22-11-9-8-10-12-22)24(28(33)37)14-23(16-41-21(5)35)27(36)34(29,33)40/h7-12,14-15,20,24-27,29,36,40H,13,16-17H2,1-6H3. The van der Waals surface area contributed by atoms with Gasteiger partial charge in [-0.1, -0.05) is 50.3 Å². The van der Waals surface area contributed by atoms with Gasteiger partial charge in [-0.15, -0.1) is 0 Å². The second kappa shape index (κ2) is 10.9. The number of aliphatic hydroxyl groups excluding tert-OH is 1. The average Bonchev–Trinajstić information content (AvgIpc) is 3.52. The van der Waals surface area contributed by atoms with E-state index in [0.717, 1.165) is 0 Å². The number of aliphatic hydroxyl groups is 2. The number of allylic oxidation sites excluding steroid dienone is 2. The second-order valence-corrected chi connectivity index (χ2v) is 12.9. The summed E-state index contributed by atoms with van der Waals surface area (Å²) in [6, 6.07) is 8.69. The highest BCUT2D eigenvalue weighted by Gasteiger charge is 2.77. The number of hydrogen-bond acceptors (Lipinski definition) is 9. The molecule has 230 valence electrons. The van der Waals surface area contributed by atoms with Gasteiger partial charge in [-0.2, -0.15) is 0 Å². The van der Waals surface area contributed by atoms with E-state index in [1.54, 1.807) is 63.3 Å². The van der Waals surface area contributed by atoms with Crippen LogP contribution >= 0.6 is 0 Å². The largest absolute Gasteiger partial charge is 0.461 e. The molecule has 2 saturated carbocycles. The molecule has 9 heteroatoms. The first-order valence-corrected chi connectivity index (χ1v) is 14.8. The molecule has 0 saturated heterocycles. The molecule has 0 radical (unpaired) electrons. The van der Waals surface area contributed by atoms with Gasteiger partial charge in [-0.25, -0.2) is 9.59 Å². The zero-order valence-corrected chi connectivity index (χ0v) is 25.5. The summed E-state index contributed by atoms with van der Waals surface area (Å²) in [5, 5.41) is 24.6. The Balaban J connectivity index is 1.56. The van der Waals surface area contributed by atoms with Gasteiger partial charge in [0.15, 0.2) is 17.5 Å². The predicted molar refractivity (Wildman–Crippen MR) is 155 cm³/mol. The number of carbonyl (C=O) groups is 4. The van der Waals surface area contributed by atoms with Crippen LogP contribution < -0.4 is 0 Å². The van der Waals surface area contributed by atoms with Crippen molar-refractivity contribution >= 4 is 23.7 Å². The van der Waals surface area contributed by atoms with E-state index in [9.17, 15) is 29.4 Å². The van der Waals surface area contributed by atoms with Crippen LogP contribution in [0, 0.1) is 34.5 Å². The fraction of sp³-hybridized carbons (Fsp3) is 0.529. The summed E-state index contributed by atoms with van der Waals surface area (Å²) in [7, 11) is 0. The lowest BCUT2D eigenvalue weighted by Gasteiger charge is -2.48. The minimum absolute atomic E-state index is 0.0364. The van der Waals surface area contributed by atoms with E-state index in [1.165, 1.54) is 6.92 Å². The minimum Gasteiger partial charge on any atom is -0.461 e. The summed E-state index contributed by atoms with van der Waals surface area (Å²) in [6.45, 7) is 9.79. The van der Waals surface area contributed by atoms with E-state index in [-0.39, 0.29) is 36.4 Å². The molecule has 5 rings (SSSR count). The summed E-state index contributed by atoms with van der Waals surface area (Å²) < 4.78 is 16.9. The molecule has 4 aliphatic rings. The number of esters is 3. The Morgan fingerprint density at radius 3 is 2.42 bits per heavy atom. The molecule has 1 spiro atoms. The molecule has 0 heterocycles. The number of rotatable bonds is 7. The van der Waals surface area contributed by atoms with Gasteiger partial charge in [-0.3, -0.25) is 9.59 Å². The highest BCUT2D eigenvalue weighted by atomic mass is 16.6. The Morgan fingerprint density at radius 1 is 1.12 bits per heavy atom. The van der Waals surface area contributed by atoms with E-state index in [1.807, 2.05) is 19.9 Å². The van der Waals surface area contributed by atoms with Crippen LogP contribution in [0.1, 0.15) is 58.3 Å². The first kappa shape index (κ1) is 30.9. The number of benzene rings is 1. The van der Waals surface area contributed by atoms with E-state index in [0.29, 0.717) is 23.1 Å². The molecule has 2 bridgehead atoms. The summed E-state index contributed by atoms with van der Waals surface area (Å²) >= 11 is 0. The molecule has 2 fully saturated rings.